The minimum Gasteiger partial charge on any atom is -0.497 e. The van der Waals surface area contributed by atoms with Crippen molar-refractivity contribution >= 4 is 16.9 Å². The fourth-order valence-electron chi connectivity index (χ4n) is 4.35. The average molecular weight is 409 g/mol. The molecule has 6 nitrogen and oxygen atoms in total. The Morgan fingerprint density at radius 3 is 2.83 bits per heavy atom. The van der Waals surface area contributed by atoms with Crippen molar-refractivity contribution in [3.05, 3.63) is 75.4 Å². The van der Waals surface area contributed by atoms with Crippen molar-refractivity contribution in [2.75, 3.05) is 20.3 Å². The highest BCUT2D eigenvalue weighted by molar-refractivity contribution is 5.99. The predicted octanol–water partition coefficient (Wildman–Crippen LogP) is 3.66. The quantitative estimate of drug-likeness (QED) is 0.658. The van der Waals surface area contributed by atoms with Gasteiger partial charge in [-0.15, -0.1) is 0 Å². The minimum atomic E-state index is -0.657. The lowest BCUT2D eigenvalue weighted by molar-refractivity contribution is 0.0486. The van der Waals surface area contributed by atoms with E-state index in [0.717, 1.165) is 24.5 Å². The van der Waals surface area contributed by atoms with Crippen LogP contribution in [0.25, 0.3) is 11.0 Å². The van der Waals surface area contributed by atoms with Crippen LogP contribution in [0, 0.1) is 5.82 Å². The summed E-state index contributed by atoms with van der Waals surface area (Å²) in [5, 5.41) is 0.119. The van der Waals surface area contributed by atoms with Gasteiger partial charge in [0.2, 0.25) is 5.76 Å². The number of nitrogens with zero attached hydrogens (tertiary/aromatic N) is 1. The Kier molecular flexibility index (Phi) is 4.55. The van der Waals surface area contributed by atoms with Crippen LogP contribution >= 0.6 is 0 Å². The molecule has 3 heterocycles. The van der Waals surface area contributed by atoms with Crippen LogP contribution in [-0.4, -0.2) is 37.2 Å². The highest BCUT2D eigenvalue weighted by Gasteiger charge is 2.44. The molecule has 3 aromatic rings. The van der Waals surface area contributed by atoms with Crippen LogP contribution in [0.4, 0.5) is 4.39 Å². The van der Waals surface area contributed by atoms with E-state index in [4.69, 9.17) is 13.9 Å². The van der Waals surface area contributed by atoms with Crippen LogP contribution in [-0.2, 0) is 4.74 Å². The fraction of sp³-hybridized carbons (Fsp3) is 0.304. The first-order chi connectivity index (χ1) is 14.6. The van der Waals surface area contributed by atoms with Crippen molar-refractivity contribution in [1.82, 2.24) is 4.90 Å². The summed E-state index contributed by atoms with van der Waals surface area (Å²) in [6.07, 6.45) is 1.68. The summed E-state index contributed by atoms with van der Waals surface area (Å²) in [4.78, 5) is 28.3. The molecule has 7 heteroatoms. The molecule has 0 spiro atoms. The minimum absolute atomic E-state index is 0.00456. The van der Waals surface area contributed by atoms with Gasteiger partial charge in [0, 0.05) is 13.2 Å². The predicted molar refractivity (Wildman–Crippen MR) is 107 cm³/mol. The average Bonchev–Trinajstić information content (AvgIpc) is 3.36. The molecule has 1 saturated heterocycles. The maximum Gasteiger partial charge on any atom is 0.291 e. The van der Waals surface area contributed by atoms with Crippen LogP contribution in [0.3, 0.4) is 0 Å². The normalized spacial score (nSPS) is 20.7. The molecular weight excluding hydrogens is 389 g/mol. The van der Waals surface area contributed by atoms with E-state index in [2.05, 4.69) is 0 Å². The number of hydrogen-bond donors (Lipinski definition) is 0. The molecule has 1 aromatic heterocycles. The molecule has 0 unspecified atom stereocenters. The van der Waals surface area contributed by atoms with Crippen molar-refractivity contribution in [1.29, 1.82) is 0 Å². The maximum absolute atomic E-state index is 13.8. The van der Waals surface area contributed by atoms with E-state index in [9.17, 15) is 14.0 Å². The van der Waals surface area contributed by atoms with Crippen LogP contribution in [0.15, 0.2) is 51.7 Å². The molecule has 0 bridgehead atoms. The third-order valence-electron chi connectivity index (χ3n) is 5.76. The van der Waals surface area contributed by atoms with Gasteiger partial charge in [-0.1, -0.05) is 12.1 Å². The van der Waals surface area contributed by atoms with Crippen LogP contribution in [0.1, 0.15) is 40.6 Å². The van der Waals surface area contributed by atoms with Crippen molar-refractivity contribution in [2.45, 2.75) is 25.0 Å². The van der Waals surface area contributed by atoms with E-state index in [1.807, 2.05) is 12.1 Å². The van der Waals surface area contributed by atoms with E-state index < -0.39 is 17.3 Å². The number of carbonyl (C=O) groups is 1. The van der Waals surface area contributed by atoms with Crippen molar-refractivity contribution in [3.8, 4) is 5.75 Å². The Morgan fingerprint density at radius 1 is 1.20 bits per heavy atom. The molecule has 1 amide bonds. The van der Waals surface area contributed by atoms with Crippen molar-refractivity contribution in [3.63, 3.8) is 0 Å². The fourth-order valence-corrected chi connectivity index (χ4v) is 4.35. The third-order valence-corrected chi connectivity index (χ3v) is 5.76. The van der Waals surface area contributed by atoms with Gasteiger partial charge in [-0.2, -0.15) is 0 Å². The molecular formula is C23H20FNO5. The van der Waals surface area contributed by atoms with Gasteiger partial charge >= 0.3 is 0 Å². The SMILES string of the molecule is COc1cccc([C@H]2c3c(oc4ccc(F)cc4c3=O)C(=O)N2C[C@H]2CCCO2)c1. The topological polar surface area (TPSA) is 69.0 Å². The summed E-state index contributed by atoms with van der Waals surface area (Å²) in [6, 6.07) is 10.3. The highest BCUT2D eigenvalue weighted by atomic mass is 19.1. The molecule has 5 rings (SSSR count). The zero-order valence-electron chi connectivity index (χ0n) is 16.4. The molecule has 1 fully saturated rings. The number of amides is 1. The third kappa shape index (κ3) is 2.97. The first-order valence-corrected chi connectivity index (χ1v) is 9.89. The summed E-state index contributed by atoms with van der Waals surface area (Å²) < 4.78 is 30.7. The first kappa shape index (κ1) is 18.8. The number of ether oxygens (including phenoxy) is 2. The molecule has 30 heavy (non-hydrogen) atoms. The Morgan fingerprint density at radius 2 is 2.07 bits per heavy atom. The molecule has 0 aliphatic carbocycles. The molecule has 0 N–H and O–H groups in total. The summed E-state index contributed by atoms with van der Waals surface area (Å²) in [5.41, 5.74) is 0.741. The Bertz CT molecular complexity index is 1200. The number of methoxy groups -OCH3 is 1. The van der Waals surface area contributed by atoms with Gasteiger partial charge in [0.1, 0.15) is 17.1 Å². The van der Waals surface area contributed by atoms with E-state index in [-0.39, 0.29) is 34.3 Å². The van der Waals surface area contributed by atoms with E-state index in [1.165, 1.54) is 12.1 Å². The lowest BCUT2D eigenvalue weighted by atomic mass is 9.98. The number of halogens is 1. The summed E-state index contributed by atoms with van der Waals surface area (Å²) in [7, 11) is 1.56. The number of fused-ring (bicyclic) bond motifs is 2. The second kappa shape index (κ2) is 7.25. The number of rotatable bonds is 4. The van der Waals surface area contributed by atoms with Gasteiger partial charge in [-0.25, -0.2) is 4.39 Å². The summed E-state index contributed by atoms with van der Waals surface area (Å²) in [6.45, 7) is 0.999. The van der Waals surface area contributed by atoms with Crippen LogP contribution in [0.5, 0.6) is 5.75 Å². The van der Waals surface area contributed by atoms with E-state index in [0.29, 0.717) is 18.9 Å². The Hall–Kier alpha value is -3.19. The first-order valence-electron chi connectivity index (χ1n) is 9.89. The molecule has 154 valence electrons. The number of carbonyl (C=O) groups excluding carboxylic acids is 1. The Labute approximate surface area is 171 Å². The molecule has 2 aromatic carbocycles. The number of benzene rings is 2. The van der Waals surface area contributed by atoms with Crippen molar-refractivity contribution in [2.24, 2.45) is 0 Å². The maximum atomic E-state index is 13.8. The van der Waals surface area contributed by atoms with Gasteiger partial charge in [-0.3, -0.25) is 9.59 Å². The molecule has 2 aliphatic heterocycles. The van der Waals surface area contributed by atoms with Gasteiger partial charge < -0.3 is 18.8 Å². The molecule has 0 radical (unpaired) electrons. The Balaban J connectivity index is 1.71. The van der Waals surface area contributed by atoms with Gasteiger partial charge in [0.15, 0.2) is 5.43 Å². The van der Waals surface area contributed by atoms with Crippen LogP contribution < -0.4 is 10.2 Å². The molecule has 2 aliphatic rings. The van der Waals surface area contributed by atoms with E-state index in [1.54, 1.807) is 24.1 Å². The zero-order valence-corrected chi connectivity index (χ0v) is 16.4. The largest absolute Gasteiger partial charge is 0.497 e. The standard InChI is InChI=1S/C23H20FNO5/c1-28-15-5-2-4-13(10-15)20-19-21(26)17-11-14(24)7-8-18(17)30-22(19)23(27)25(20)12-16-6-3-9-29-16/h2,4-5,7-8,10-11,16,20H,3,6,9,12H2,1H3/t16-,20+/m1/s1. The monoisotopic (exact) mass is 409 g/mol. The van der Waals surface area contributed by atoms with Gasteiger partial charge in [0.05, 0.1) is 30.2 Å². The second-order valence-corrected chi connectivity index (χ2v) is 7.59. The summed E-state index contributed by atoms with van der Waals surface area (Å²) >= 11 is 0. The second-order valence-electron chi connectivity index (χ2n) is 7.59. The highest BCUT2D eigenvalue weighted by Crippen LogP contribution is 2.39. The molecule has 0 saturated carbocycles. The molecule has 2 atom stereocenters. The lowest BCUT2D eigenvalue weighted by Crippen LogP contribution is -2.36. The zero-order chi connectivity index (χ0) is 20.8. The van der Waals surface area contributed by atoms with Crippen LogP contribution in [0.2, 0.25) is 0 Å². The van der Waals surface area contributed by atoms with Gasteiger partial charge in [0.25, 0.3) is 5.91 Å². The lowest BCUT2D eigenvalue weighted by Gasteiger charge is -2.27. The van der Waals surface area contributed by atoms with Crippen molar-refractivity contribution < 1.29 is 23.1 Å². The number of hydrogen-bond acceptors (Lipinski definition) is 5. The summed E-state index contributed by atoms with van der Waals surface area (Å²) in [5.74, 6) is -0.281. The van der Waals surface area contributed by atoms with Gasteiger partial charge in [-0.05, 0) is 48.7 Å². The van der Waals surface area contributed by atoms with E-state index >= 15 is 0 Å². The smallest absolute Gasteiger partial charge is 0.291 e.